The molecule has 0 aromatic rings. The van der Waals surface area contributed by atoms with Crippen LogP contribution in [0.25, 0.3) is 0 Å². The maximum absolute atomic E-state index is 10.3. The van der Waals surface area contributed by atoms with Gasteiger partial charge in [-0.3, -0.25) is 4.39 Å². The van der Waals surface area contributed by atoms with Crippen molar-refractivity contribution in [3.63, 3.8) is 0 Å². The monoisotopic (exact) mass is 204 g/mol. The van der Waals surface area contributed by atoms with Gasteiger partial charge in [-0.05, 0) is 0 Å². The van der Waals surface area contributed by atoms with Gasteiger partial charge in [0.1, 0.15) is 0 Å². The third-order valence-corrected chi connectivity index (χ3v) is 0.335. The van der Waals surface area contributed by atoms with Crippen LogP contribution in [0, 0.1) is 0 Å². The molecule has 0 saturated heterocycles. The van der Waals surface area contributed by atoms with E-state index in [0.717, 1.165) is 0 Å². The molecule has 0 aromatic carbocycles. The Morgan fingerprint density at radius 2 is 1.15 bits per heavy atom. The Morgan fingerprint density at radius 1 is 0.923 bits per heavy atom. The van der Waals surface area contributed by atoms with Gasteiger partial charge in [0.25, 0.3) is 0 Å². The molecule has 13 heavy (non-hydrogen) atoms. The molecule has 0 aliphatic rings. The summed E-state index contributed by atoms with van der Waals surface area (Å²) in [5.41, 5.74) is 0. The van der Waals surface area contributed by atoms with E-state index in [1.807, 2.05) is 0 Å². The van der Waals surface area contributed by atoms with E-state index in [2.05, 4.69) is 17.9 Å². The van der Waals surface area contributed by atoms with Crippen molar-refractivity contribution in [1.82, 2.24) is 0 Å². The molecule has 0 unspecified atom stereocenters. The molecule has 0 saturated carbocycles. The fraction of sp³-hybridized carbons (Fsp3) is 0.143. The van der Waals surface area contributed by atoms with Crippen LogP contribution in [0.4, 0.5) is 22.0 Å². The first-order valence-corrected chi connectivity index (χ1v) is 2.67. The van der Waals surface area contributed by atoms with E-state index in [-0.39, 0.29) is 0 Å². The van der Waals surface area contributed by atoms with E-state index in [1.54, 1.807) is 0 Å². The normalized spacial score (nSPS) is 6.31. The number of hydrogen-bond donors (Lipinski definition) is 0. The summed E-state index contributed by atoms with van der Waals surface area (Å²) in [6.07, 6.45) is -3.19. The zero-order chi connectivity index (χ0) is 11.3. The maximum atomic E-state index is 10.3. The molecular formula is C7H9F5O. The largest absolute Gasteiger partial charge is 0.474 e. The second-order valence-corrected chi connectivity index (χ2v) is 0.990. The third kappa shape index (κ3) is 36.8. The van der Waals surface area contributed by atoms with Gasteiger partial charge in [-0.25, -0.2) is 0 Å². The van der Waals surface area contributed by atoms with Crippen LogP contribution in [0.2, 0.25) is 0 Å². The van der Waals surface area contributed by atoms with E-state index in [9.17, 15) is 22.0 Å². The summed E-state index contributed by atoms with van der Waals surface area (Å²) in [4.78, 5) is 0. The van der Waals surface area contributed by atoms with Crippen LogP contribution < -0.4 is 0 Å². The lowest BCUT2D eigenvalue weighted by Crippen LogP contribution is -1.56. The van der Waals surface area contributed by atoms with Gasteiger partial charge in [0.05, 0.1) is 19.7 Å². The van der Waals surface area contributed by atoms with Crippen LogP contribution in [0.15, 0.2) is 37.8 Å². The first-order chi connectivity index (χ1) is 6.06. The Balaban J connectivity index is -0.000000131. The van der Waals surface area contributed by atoms with Crippen molar-refractivity contribution in [1.29, 1.82) is 0 Å². The van der Waals surface area contributed by atoms with Crippen molar-refractivity contribution in [3.8, 4) is 0 Å². The van der Waals surface area contributed by atoms with E-state index >= 15 is 0 Å². The van der Waals surface area contributed by atoms with Gasteiger partial charge in [-0.2, -0.15) is 17.6 Å². The molecule has 0 fully saturated rings. The van der Waals surface area contributed by atoms with Crippen molar-refractivity contribution in [3.05, 3.63) is 37.8 Å². The van der Waals surface area contributed by atoms with Crippen molar-refractivity contribution in [2.45, 2.75) is 0 Å². The van der Waals surface area contributed by atoms with Gasteiger partial charge >= 0.3 is 12.2 Å². The molecule has 0 radical (unpaired) electrons. The van der Waals surface area contributed by atoms with E-state index < -0.39 is 12.2 Å². The van der Waals surface area contributed by atoms with Gasteiger partial charge < -0.3 is 4.74 Å². The van der Waals surface area contributed by atoms with Crippen molar-refractivity contribution in [2.24, 2.45) is 0 Å². The van der Waals surface area contributed by atoms with Crippen LogP contribution in [0.1, 0.15) is 0 Å². The molecule has 0 aliphatic carbocycles. The molecule has 0 N–H and O–H groups in total. The zero-order valence-electron chi connectivity index (χ0n) is 6.87. The van der Waals surface area contributed by atoms with Crippen LogP contribution in [0.3, 0.4) is 0 Å². The number of rotatable bonds is 2. The summed E-state index contributed by atoms with van der Waals surface area (Å²) < 4.78 is 55.0. The highest BCUT2D eigenvalue weighted by molar-refractivity contribution is 4.77. The highest BCUT2D eigenvalue weighted by Crippen LogP contribution is 2.08. The number of alkyl halides is 1. The maximum Gasteiger partial charge on any atom is 0.334 e. The van der Waals surface area contributed by atoms with Gasteiger partial charge in [0, 0.05) is 0 Å². The highest BCUT2D eigenvalue weighted by atomic mass is 19.3. The minimum Gasteiger partial charge on any atom is -0.474 e. The molecule has 1 nitrogen and oxygen atoms in total. The molecular weight excluding hydrogens is 195 g/mol. The topological polar surface area (TPSA) is 9.23 Å². The van der Waals surface area contributed by atoms with Crippen LogP contribution in [0.5, 0.6) is 0 Å². The summed E-state index contributed by atoms with van der Waals surface area (Å²) in [5.74, 6) is 0. The molecule has 0 aliphatic heterocycles. The van der Waals surface area contributed by atoms with Gasteiger partial charge in [0.2, 0.25) is 0 Å². The highest BCUT2D eigenvalue weighted by Gasteiger charge is 1.98. The van der Waals surface area contributed by atoms with Crippen molar-refractivity contribution in [2.75, 3.05) is 7.18 Å². The first kappa shape index (κ1) is 17.7. The summed E-state index contributed by atoms with van der Waals surface area (Å²) >= 11 is 0. The number of halogens is 5. The molecule has 0 heterocycles. The minimum absolute atomic E-state index is 0.500. The predicted octanol–water partition coefficient (Wildman–Crippen LogP) is 3.87. The fourth-order valence-electron chi connectivity index (χ4n) is 0.0680. The van der Waals surface area contributed by atoms with E-state index in [1.165, 1.54) is 12.5 Å². The number of ether oxygens (including phenoxy) is 1. The van der Waals surface area contributed by atoms with E-state index in [0.29, 0.717) is 7.18 Å². The third-order valence-electron chi connectivity index (χ3n) is 0.335. The summed E-state index contributed by atoms with van der Waals surface area (Å²) in [6, 6.07) is 0. The second-order valence-electron chi connectivity index (χ2n) is 0.990. The molecule has 0 amide bonds. The quantitative estimate of drug-likeness (QED) is 0.490. The average molecular weight is 204 g/mol. The van der Waals surface area contributed by atoms with Crippen molar-refractivity contribution < 1.29 is 26.7 Å². The van der Waals surface area contributed by atoms with Gasteiger partial charge in [-0.1, -0.05) is 13.2 Å². The SMILES string of the molecule is C=COC=C.CF.FC(F)=C(F)F. The Kier molecular flexibility index (Phi) is 23.1. The Morgan fingerprint density at radius 3 is 1.15 bits per heavy atom. The fourth-order valence-corrected chi connectivity index (χ4v) is 0.0680. The standard InChI is InChI=1S/C4H6O.C2F4.CH3F/c1-3-5-4-2;3-1(4)2(5)6;1-2/h3-4H,1-2H2;;1H3. The lowest BCUT2D eigenvalue weighted by molar-refractivity contribution is 0.308. The Hall–Kier alpha value is -1.33. The Bertz CT molecular complexity index is 131. The molecule has 0 spiro atoms. The lowest BCUT2D eigenvalue weighted by Gasteiger charge is -1.76. The zero-order valence-corrected chi connectivity index (χ0v) is 6.87. The molecule has 0 atom stereocenters. The average Bonchev–Trinajstić information content (AvgIpc) is 2.10. The summed E-state index contributed by atoms with van der Waals surface area (Å²) in [6.45, 7) is 6.51. The van der Waals surface area contributed by atoms with Crippen molar-refractivity contribution >= 4 is 0 Å². The van der Waals surface area contributed by atoms with Gasteiger partial charge in [-0.15, -0.1) is 0 Å². The van der Waals surface area contributed by atoms with E-state index in [4.69, 9.17) is 0 Å². The lowest BCUT2D eigenvalue weighted by atomic mass is 11.1. The molecule has 0 rings (SSSR count). The van der Waals surface area contributed by atoms with Crippen LogP contribution in [-0.2, 0) is 4.74 Å². The predicted molar refractivity (Wildman–Crippen MR) is 40.0 cm³/mol. The molecule has 6 heteroatoms. The molecule has 78 valence electrons. The first-order valence-electron chi connectivity index (χ1n) is 2.67. The Labute approximate surface area is 72.8 Å². The van der Waals surface area contributed by atoms with Crippen LogP contribution >= 0.6 is 0 Å². The summed E-state index contributed by atoms with van der Waals surface area (Å²) in [5, 5.41) is 0. The summed E-state index contributed by atoms with van der Waals surface area (Å²) in [7, 11) is 0.500. The molecule has 0 bridgehead atoms. The van der Waals surface area contributed by atoms with Crippen LogP contribution in [-0.4, -0.2) is 7.18 Å². The molecule has 0 aromatic heterocycles. The van der Waals surface area contributed by atoms with Gasteiger partial charge in [0.15, 0.2) is 0 Å². The number of hydrogen-bond acceptors (Lipinski definition) is 1. The second kappa shape index (κ2) is 17.0. The smallest absolute Gasteiger partial charge is 0.334 e. The minimum atomic E-state index is -2.91.